The van der Waals surface area contributed by atoms with E-state index in [1.807, 2.05) is 29.7 Å². The molecule has 0 saturated carbocycles. The molecule has 1 aromatic carbocycles. The molecule has 3 heterocycles. The first kappa shape index (κ1) is 14.3. The smallest absolute Gasteiger partial charge is 0.288 e. The van der Waals surface area contributed by atoms with Crippen molar-refractivity contribution in [3.8, 4) is 11.5 Å². The lowest BCUT2D eigenvalue weighted by Gasteiger charge is -2.36. The quantitative estimate of drug-likeness (QED) is 0.608. The van der Waals surface area contributed by atoms with Crippen LogP contribution in [0.3, 0.4) is 0 Å². The number of benzene rings is 1. The monoisotopic (exact) mass is 300 g/mol. The van der Waals surface area contributed by atoms with Crippen LogP contribution >= 0.6 is 0 Å². The molecule has 8 nitrogen and oxygen atoms in total. The second kappa shape index (κ2) is 5.10. The number of nitrogens with one attached hydrogen (secondary N) is 1. The Morgan fingerprint density at radius 1 is 1.45 bits per heavy atom. The Morgan fingerprint density at radius 2 is 2.00 bits per heavy atom. The highest BCUT2D eigenvalue weighted by Gasteiger charge is 2.45. The average molecular weight is 300 g/mol. The molecule has 2 amide bonds. The fourth-order valence-corrected chi connectivity index (χ4v) is 2.40. The molecule has 108 valence electrons. The van der Waals surface area contributed by atoms with Crippen molar-refractivity contribution in [2.75, 3.05) is 0 Å². The average Bonchev–Trinajstić information content (AvgIpc) is 2.33. The van der Waals surface area contributed by atoms with Gasteiger partial charge in [0.15, 0.2) is 5.37 Å². The Labute approximate surface area is 115 Å². The van der Waals surface area contributed by atoms with E-state index in [-0.39, 0.29) is 6.42 Å². The summed E-state index contributed by atoms with van der Waals surface area (Å²) in [6.45, 7) is 1.13. The van der Waals surface area contributed by atoms with Crippen LogP contribution in [0.15, 0.2) is 24.3 Å². The number of carbonyl (C=O) groups is 2. The highest BCUT2D eigenvalue weighted by atomic mass is 32.2. The zero-order chi connectivity index (χ0) is 14.9. The minimum Gasteiger partial charge on any atom is -0.457 e. The van der Waals surface area contributed by atoms with Gasteiger partial charge in [0.1, 0.15) is 11.5 Å². The van der Waals surface area contributed by atoms with Gasteiger partial charge in [-0.25, -0.2) is 5.01 Å². The number of hydrogen-bond acceptors (Lipinski definition) is 5. The number of β-lactam (4-membered cyclic amide) rings is 1. The zero-order valence-electron chi connectivity index (χ0n) is 10.4. The minimum absolute atomic E-state index is 0.306. The lowest BCUT2D eigenvalue weighted by atomic mass is 10.2. The number of carbonyl (C=O) groups excluding carboxylic acids is 2. The molecule has 2 bridgehead atoms. The number of rotatable bonds is 2. The Bertz CT molecular complexity index is 632. The molecule has 3 aliphatic heterocycles. The maximum atomic E-state index is 10.8. The maximum absolute atomic E-state index is 10.8. The molecule has 1 fully saturated rings. The van der Waals surface area contributed by atoms with E-state index in [2.05, 4.69) is 0 Å². The van der Waals surface area contributed by atoms with Crippen LogP contribution in [0.25, 0.3) is 0 Å². The molecule has 1 aromatic rings. The fraction of sp³-hybridized carbons (Fsp3) is 0.273. The van der Waals surface area contributed by atoms with E-state index in [1.165, 1.54) is 0 Å². The summed E-state index contributed by atoms with van der Waals surface area (Å²) in [4.78, 5) is 21.2. The van der Waals surface area contributed by atoms with Gasteiger partial charge in [0.2, 0.25) is 11.8 Å². The van der Waals surface area contributed by atoms with Crippen molar-refractivity contribution in [2.24, 2.45) is 0 Å². The lowest BCUT2D eigenvalue weighted by molar-refractivity contribution is -0.152. The lowest BCUT2D eigenvalue weighted by Crippen LogP contribution is -2.63. The van der Waals surface area contributed by atoms with Crippen molar-refractivity contribution in [3.05, 3.63) is 24.3 Å². The van der Waals surface area contributed by atoms with Crippen LogP contribution in [0.2, 0.25) is 0 Å². The number of ether oxygens (including phenoxy) is 1. The van der Waals surface area contributed by atoms with Gasteiger partial charge in [0, 0.05) is 13.0 Å². The molecule has 0 spiro atoms. The third-order valence-corrected chi connectivity index (χ3v) is 3.63. The van der Waals surface area contributed by atoms with E-state index in [0.29, 0.717) is 5.01 Å². The van der Waals surface area contributed by atoms with Crippen LogP contribution in [0.5, 0.6) is 11.5 Å². The molecule has 0 radical (unpaired) electrons. The van der Waals surface area contributed by atoms with Gasteiger partial charge in [-0.1, -0.05) is 6.07 Å². The van der Waals surface area contributed by atoms with E-state index in [9.17, 15) is 18.0 Å². The van der Waals surface area contributed by atoms with Gasteiger partial charge in [-0.3, -0.25) is 19.6 Å². The van der Waals surface area contributed by atoms with Gasteiger partial charge in [0.05, 0.1) is 6.42 Å². The summed E-state index contributed by atoms with van der Waals surface area (Å²) in [5.74, 6) is 0.856. The van der Waals surface area contributed by atoms with Gasteiger partial charge >= 0.3 is 0 Å². The SMILES string of the molecule is CC(=O)NN1C(=O)CC1S(=O)(=O)O.c1cc2cc(c1)O2. The van der Waals surface area contributed by atoms with Crippen molar-refractivity contribution < 1.29 is 27.3 Å². The number of amides is 2. The highest BCUT2D eigenvalue weighted by molar-refractivity contribution is 7.86. The summed E-state index contributed by atoms with van der Waals surface area (Å²) in [6, 6.07) is 7.86. The van der Waals surface area contributed by atoms with E-state index in [4.69, 9.17) is 9.29 Å². The Hall–Kier alpha value is -2.13. The van der Waals surface area contributed by atoms with Crippen molar-refractivity contribution in [1.82, 2.24) is 10.4 Å². The van der Waals surface area contributed by atoms with Crippen molar-refractivity contribution >= 4 is 21.9 Å². The molecule has 4 rings (SSSR count). The van der Waals surface area contributed by atoms with Crippen LogP contribution in [-0.4, -0.2) is 35.2 Å². The largest absolute Gasteiger partial charge is 0.457 e. The maximum Gasteiger partial charge on any atom is 0.288 e. The highest BCUT2D eigenvalue weighted by Crippen LogP contribution is 2.32. The van der Waals surface area contributed by atoms with Crippen LogP contribution in [0.1, 0.15) is 13.3 Å². The molecule has 2 N–H and O–H groups in total. The fourth-order valence-electron chi connectivity index (χ4n) is 1.61. The first-order valence-electron chi connectivity index (χ1n) is 5.61. The normalized spacial score (nSPS) is 18.8. The summed E-state index contributed by atoms with van der Waals surface area (Å²) >= 11 is 0. The second-order valence-corrected chi connectivity index (χ2v) is 5.76. The Kier molecular flexibility index (Phi) is 3.64. The van der Waals surface area contributed by atoms with Crippen molar-refractivity contribution in [3.63, 3.8) is 0 Å². The van der Waals surface area contributed by atoms with Gasteiger partial charge in [0.25, 0.3) is 10.1 Å². The summed E-state index contributed by atoms with van der Waals surface area (Å²) in [5.41, 5.74) is 1.99. The first-order chi connectivity index (χ1) is 9.27. The van der Waals surface area contributed by atoms with Crippen molar-refractivity contribution in [1.29, 1.82) is 0 Å². The van der Waals surface area contributed by atoms with Crippen LogP contribution in [0.4, 0.5) is 0 Å². The van der Waals surface area contributed by atoms with Crippen molar-refractivity contribution in [2.45, 2.75) is 18.7 Å². The third-order valence-electron chi connectivity index (χ3n) is 2.57. The van der Waals surface area contributed by atoms with Gasteiger partial charge in [-0.05, 0) is 12.1 Å². The number of hydrogen-bond donors (Lipinski definition) is 2. The summed E-state index contributed by atoms with van der Waals surface area (Å²) in [5, 5.41) is -0.749. The van der Waals surface area contributed by atoms with Crippen LogP contribution < -0.4 is 10.2 Å². The molecule has 20 heavy (non-hydrogen) atoms. The van der Waals surface area contributed by atoms with Gasteiger partial charge in [-0.2, -0.15) is 8.42 Å². The summed E-state index contributed by atoms with van der Waals surface area (Å²) in [6.07, 6.45) is -0.306. The molecular formula is C11H12N2O6S. The predicted molar refractivity (Wildman–Crippen MR) is 67.1 cm³/mol. The minimum atomic E-state index is -4.30. The number of fused-ring (bicyclic) bond motifs is 2. The zero-order valence-corrected chi connectivity index (χ0v) is 11.3. The topological polar surface area (TPSA) is 113 Å². The molecule has 1 atom stereocenters. The van der Waals surface area contributed by atoms with Crippen LogP contribution in [-0.2, 0) is 19.7 Å². The van der Waals surface area contributed by atoms with E-state index < -0.39 is 27.3 Å². The van der Waals surface area contributed by atoms with Crippen LogP contribution in [0, 0.1) is 0 Å². The Balaban J connectivity index is 0.000000173. The molecule has 0 aromatic heterocycles. The van der Waals surface area contributed by atoms with E-state index >= 15 is 0 Å². The van der Waals surface area contributed by atoms with Gasteiger partial charge in [-0.15, -0.1) is 0 Å². The predicted octanol–water partition coefficient (Wildman–Crippen LogP) is 0.276. The molecular weight excluding hydrogens is 288 g/mol. The first-order valence-corrected chi connectivity index (χ1v) is 7.11. The standard InChI is InChI=1S/C6H4O.C5H8N2O5S/c1-2-5-4-6(3-1)7-5;1-3(8)6-7-4(9)2-5(7)13(10,11)12/h1-4H;5H,2H2,1H3,(H,6,8)(H,10,11,12). The number of hydrazine groups is 1. The molecule has 0 aliphatic carbocycles. The second-order valence-electron chi connectivity index (χ2n) is 4.18. The molecule has 9 heteroatoms. The Morgan fingerprint density at radius 3 is 2.25 bits per heavy atom. The summed E-state index contributed by atoms with van der Waals surface area (Å²) < 4.78 is 34.7. The van der Waals surface area contributed by atoms with Gasteiger partial charge < -0.3 is 4.74 Å². The summed E-state index contributed by atoms with van der Waals surface area (Å²) in [7, 11) is -4.30. The number of nitrogens with zero attached hydrogens (tertiary/aromatic N) is 1. The third kappa shape index (κ3) is 3.06. The van der Waals surface area contributed by atoms with E-state index in [0.717, 1.165) is 18.4 Å². The molecule has 3 aliphatic rings. The van der Waals surface area contributed by atoms with E-state index in [1.54, 1.807) is 0 Å². The molecule has 1 unspecified atom stereocenters. The molecule has 1 saturated heterocycles.